The first-order valence-corrected chi connectivity index (χ1v) is 7.00. The molecule has 0 spiro atoms. The van der Waals surface area contributed by atoms with Gasteiger partial charge in [-0.25, -0.2) is 5.43 Å². The molecule has 0 aliphatic carbocycles. The Labute approximate surface area is 126 Å². The van der Waals surface area contributed by atoms with Crippen LogP contribution in [0.15, 0.2) is 41.5 Å². The summed E-state index contributed by atoms with van der Waals surface area (Å²) in [4.78, 5) is 13.7. The van der Waals surface area contributed by atoms with Gasteiger partial charge in [0.25, 0.3) is 5.91 Å². The van der Waals surface area contributed by atoms with E-state index in [1.54, 1.807) is 41.8 Å². The molecule has 0 unspecified atom stereocenters. The second kappa shape index (κ2) is 7.22. The summed E-state index contributed by atoms with van der Waals surface area (Å²) in [5.74, 6) is 0.186. The maximum Gasteiger partial charge on any atom is 0.277 e. The topological polar surface area (TPSA) is 74.5 Å². The number of amides is 1. The van der Waals surface area contributed by atoms with Crippen molar-refractivity contribution in [2.75, 3.05) is 6.61 Å². The van der Waals surface area contributed by atoms with E-state index in [-0.39, 0.29) is 12.5 Å². The van der Waals surface area contributed by atoms with E-state index in [4.69, 9.17) is 10.00 Å². The van der Waals surface area contributed by atoms with Crippen molar-refractivity contribution in [3.8, 4) is 11.8 Å². The number of ether oxygens (including phenoxy) is 1. The summed E-state index contributed by atoms with van der Waals surface area (Å²) in [5.41, 5.74) is 2.94. The molecule has 0 radical (unpaired) electrons. The number of aryl methyl sites for hydroxylation is 1. The third-order valence-electron chi connectivity index (χ3n) is 2.50. The minimum atomic E-state index is -0.344. The number of nitrogens with one attached hydrogen (secondary N) is 1. The number of hydrogen-bond acceptors (Lipinski definition) is 5. The zero-order valence-corrected chi connectivity index (χ0v) is 12.2. The molecule has 0 atom stereocenters. The molecule has 0 fully saturated rings. The fourth-order valence-corrected chi connectivity index (χ4v) is 2.25. The summed E-state index contributed by atoms with van der Waals surface area (Å²) < 4.78 is 5.28. The van der Waals surface area contributed by atoms with Crippen LogP contribution in [0.25, 0.3) is 0 Å². The van der Waals surface area contributed by atoms with Gasteiger partial charge in [0.2, 0.25) is 0 Å². The van der Waals surface area contributed by atoms with E-state index in [1.807, 2.05) is 25.1 Å². The van der Waals surface area contributed by atoms with E-state index in [2.05, 4.69) is 10.5 Å². The van der Waals surface area contributed by atoms with E-state index in [0.717, 1.165) is 4.88 Å². The molecule has 1 amide bonds. The molecule has 21 heavy (non-hydrogen) atoms. The first kappa shape index (κ1) is 14.8. The van der Waals surface area contributed by atoms with Crippen LogP contribution in [0.5, 0.6) is 5.75 Å². The van der Waals surface area contributed by atoms with Crippen molar-refractivity contribution in [2.45, 2.75) is 6.92 Å². The van der Waals surface area contributed by atoms with Crippen molar-refractivity contribution in [3.05, 3.63) is 51.7 Å². The number of hydrazone groups is 1. The van der Waals surface area contributed by atoms with Gasteiger partial charge in [-0.2, -0.15) is 10.4 Å². The monoisotopic (exact) mass is 299 g/mol. The third-order valence-corrected chi connectivity index (χ3v) is 3.43. The molecule has 2 rings (SSSR count). The summed E-state index contributed by atoms with van der Waals surface area (Å²) in [6.07, 6.45) is 1.59. The van der Waals surface area contributed by atoms with Crippen molar-refractivity contribution in [2.24, 2.45) is 5.10 Å². The van der Waals surface area contributed by atoms with Gasteiger partial charge in [-0.05, 0) is 43.3 Å². The van der Waals surface area contributed by atoms with Crippen LogP contribution in [0.2, 0.25) is 0 Å². The molecular weight excluding hydrogens is 286 g/mol. The Morgan fingerprint density at radius 1 is 1.38 bits per heavy atom. The van der Waals surface area contributed by atoms with Gasteiger partial charge in [-0.15, -0.1) is 11.3 Å². The molecule has 1 aromatic carbocycles. The van der Waals surface area contributed by atoms with Gasteiger partial charge < -0.3 is 4.74 Å². The van der Waals surface area contributed by atoms with Gasteiger partial charge in [0.15, 0.2) is 6.61 Å². The van der Waals surface area contributed by atoms with E-state index >= 15 is 0 Å². The summed E-state index contributed by atoms with van der Waals surface area (Å²) >= 11 is 1.59. The predicted octanol–water partition coefficient (Wildman–Crippen LogP) is 2.46. The van der Waals surface area contributed by atoms with Crippen molar-refractivity contribution in [3.63, 3.8) is 0 Å². The van der Waals surface area contributed by atoms with Crippen molar-refractivity contribution < 1.29 is 9.53 Å². The molecule has 1 N–H and O–H groups in total. The lowest BCUT2D eigenvalue weighted by molar-refractivity contribution is -0.123. The maximum atomic E-state index is 11.5. The van der Waals surface area contributed by atoms with Crippen LogP contribution in [-0.4, -0.2) is 18.7 Å². The Bertz CT molecular complexity index is 684. The number of carbonyl (C=O) groups excluding carboxylic acids is 1. The second-order valence-electron chi connectivity index (χ2n) is 4.17. The highest BCUT2D eigenvalue weighted by atomic mass is 32.1. The van der Waals surface area contributed by atoms with Gasteiger partial charge in [-0.3, -0.25) is 4.79 Å². The maximum absolute atomic E-state index is 11.5. The molecule has 2 aromatic rings. The van der Waals surface area contributed by atoms with E-state index in [9.17, 15) is 4.79 Å². The van der Waals surface area contributed by atoms with Crippen molar-refractivity contribution in [1.82, 2.24) is 5.43 Å². The van der Waals surface area contributed by atoms with Crippen LogP contribution >= 0.6 is 11.3 Å². The predicted molar refractivity (Wildman–Crippen MR) is 81.4 cm³/mol. The molecule has 0 bridgehead atoms. The highest BCUT2D eigenvalue weighted by Crippen LogP contribution is 2.12. The van der Waals surface area contributed by atoms with E-state index in [0.29, 0.717) is 11.3 Å². The largest absolute Gasteiger partial charge is 0.484 e. The molecule has 1 heterocycles. The SMILES string of the molecule is Cc1ccc(/C=N\NC(=O)COc2ccc(C#N)cc2)s1. The van der Waals surface area contributed by atoms with Gasteiger partial charge in [-0.1, -0.05) is 0 Å². The zero-order valence-electron chi connectivity index (χ0n) is 11.4. The van der Waals surface area contributed by atoms with Crippen LogP contribution < -0.4 is 10.2 Å². The first-order chi connectivity index (χ1) is 10.2. The van der Waals surface area contributed by atoms with Gasteiger partial charge in [0.05, 0.1) is 17.8 Å². The molecule has 5 nitrogen and oxygen atoms in total. The number of benzene rings is 1. The Hall–Kier alpha value is -2.65. The fraction of sp³-hybridized carbons (Fsp3) is 0.133. The van der Waals surface area contributed by atoms with E-state index in [1.165, 1.54) is 4.88 Å². The molecule has 1 aromatic heterocycles. The van der Waals surface area contributed by atoms with Crippen molar-refractivity contribution >= 4 is 23.5 Å². The average molecular weight is 299 g/mol. The molecule has 0 aliphatic heterocycles. The summed E-state index contributed by atoms with van der Waals surface area (Å²) in [6.45, 7) is 1.87. The van der Waals surface area contributed by atoms with Crippen molar-refractivity contribution in [1.29, 1.82) is 5.26 Å². The quantitative estimate of drug-likeness (QED) is 0.680. The molecule has 106 valence electrons. The minimum Gasteiger partial charge on any atom is -0.484 e. The lowest BCUT2D eigenvalue weighted by Crippen LogP contribution is -2.24. The Morgan fingerprint density at radius 3 is 2.76 bits per heavy atom. The number of rotatable bonds is 5. The number of nitrogens with zero attached hydrogens (tertiary/aromatic N) is 2. The van der Waals surface area contributed by atoms with Crippen LogP contribution in [0.4, 0.5) is 0 Å². The minimum absolute atomic E-state index is 0.132. The molecular formula is C15H13N3O2S. The molecule has 0 saturated carbocycles. The standard InChI is InChI=1S/C15H13N3O2S/c1-11-2-7-14(21-11)9-17-18-15(19)10-20-13-5-3-12(8-16)4-6-13/h2-7,9H,10H2,1H3,(H,18,19)/b17-9-. The third kappa shape index (κ3) is 4.75. The molecule has 0 aliphatic rings. The fourth-order valence-electron chi connectivity index (χ4n) is 1.50. The number of nitriles is 1. The first-order valence-electron chi connectivity index (χ1n) is 6.18. The van der Waals surface area contributed by atoms with Gasteiger partial charge in [0, 0.05) is 9.75 Å². The normalized spacial score (nSPS) is 10.3. The van der Waals surface area contributed by atoms with Gasteiger partial charge >= 0.3 is 0 Å². The number of thiophene rings is 1. The Balaban J connectivity index is 1.76. The highest BCUT2D eigenvalue weighted by molar-refractivity contribution is 7.13. The Kier molecular flexibility index (Phi) is 5.07. The van der Waals surface area contributed by atoms with E-state index < -0.39 is 0 Å². The summed E-state index contributed by atoms with van der Waals surface area (Å²) in [7, 11) is 0. The van der Waals surface area contributed by atoms with Crippen LogP contribution in [-0.2, 0) is 4.79 Å². The number of hydrogen-bond donors (Lipinski definition) is 1. The summed E-state index contributed by atoms with van der Waals surface area (Å²) in [5, 5.41) is 12.5. The highest BCUT2D eigenvalue weighted by Gasteiger charge is 2.01. The molecule has 6 heteroatoms. The molecule has 0 saturated heterocycles. The lowest BCUT2D eigenvalue weighted by atomic mass is 10.2. The average Bonchev–Trinajstić information content (AvgIpc) is 2.91. The Morgan fingerprint density at radius 2 is 2.14 bits per heavy atom. The lowest BCUT2D eigenvalue weighted by Gasteiger charge is -2.04. The second-order valence-corrected chi connectivity index (χ2v) is 5.49. The summed E-state index contributed by atoms with van der Waals surface area (Å²) in [6, 6.07) is 12.5. The number of carbonyl (C=O) groups is 1. The van der Waals surface area contributed by atoms with Crippen LogP contribution in [0.3, 0.4) is 0 Å². The van der Waals surface area contributed by atoms with Gasteiger partial charge in [0.1, 0.15) is 5.75 Å². The van der Waals surface area contributed by atoms with Crippen LogP contribution in [0, 0.1) is 18.3 Å². The zero-order chi connectivity index (χ0) is 15.1. The van der Waals surface area contributed by atoms with Crippen LogP contribution in [0.1, 0.15) is 15.3 Å². The smallest absolute Gasteiger partial charge is 0.277 e.